The van der Waals surface area contributed by atoms with E-state index in [2.05, 4.69) is 17.6 Å². The normalized spacial score (nSPS) is 16.1. The first kappa shape index (κ1) is 13.2. The molecular weight excluding hydrogens is 202 g/mol. The van der Waals surface area contributed by atoms with E-state index < -0.39 is 11.5 Å². The summed E-state index contributed by atoms with van der Waals surface area (Å²) in [6, 6.07) is 0. The van der Waals surface area contributed by atoms with Crippen molar-refractivity contribution in [1.29, 1.82) is 0 Å². The number of carbonyl (C=O) groups excluding carboxylic acids is 1. The van der Waals surface area contributed by atoms with E-state index in [9.17, 15) is 4.79 Å². The lowest BCUT2D eigenvalue weighted by Crippen LogP contribution is -2.48. The van der Waals surface area contributed by atoms with Crippen LogP contribution in [0.3, 0.4) is 0 Å². The predicted molar refractivity (Wildman–Crippen MR) is 59.6 cm³/mol. The number of nitrogens with two attached hydrogens (primary N) is 2. The maximum absolute atomic E-state index is 11.3. The third-order valence-electron chi connectivity index (χ3n) is 1.48. The molecule has 0 fully saturated rings. The maximum Gasteiger partial charge on any atom is 0.326 e. The summed E-state index contributed by atoms with van der Waals surface area (Å²) in [5.74, 6) is 0.230. The first-order valence-electron chi connectivity index (χ1n) is 4.23. The topological polar surface area (TPSA) is 90.7 Å². The minimum absolute atomic E-state index is 0.188. The molecule has 0 saturated carbocycles. The lowest BCUT2D eigenvalue weighted by Gasteiger charge is -2.19. The highest BCUT2D eigenvalue weighted by Gasteiger charge is 2.28. The molecule has 5 nitrogen and oxygen atoms in total. The molecule has 0 aromatic heterocycles. The minimum Gasteiger partial charge on any atom is -0.462 e. The van der Waals surface area contributed by atoms with Gasteiger partial charge in [0.15, 0.2) is 0 Å². The van der Waals surface area contributed by atoms with Gasteiger partial charge in [0.1, 0.15) is 12.1 Å². The number of aliphatic imine (C=N–C) groups is 1. The first-order chi connectivity index (χ1) is 6.40. The van der Waals surface area contributed by atoms with Gasteiger partial charge in [-0.2, -0.15) is 12.6 Å². The molecule has 4 N–H and O–H groups in total. The second-order valence-electron chi connectivity index (χ2n) is 3.23. The summed E-state index contributed by atoms with van der Waals surface area (Å²) in [4.78, 5) is 15.1. The molecule has 0 aliphatic carbocycles. The molecule has 0 aliphatic heterocycles. The van der Waals surface area contributed by atoms with E-state index in [4.69, 9.17) is 16.2 Å². The fraction of sp³-hybridized carbons (Fsp3) is 0.750. The number of nitrogens with zero attached hydrogens (tertiary/aromatic N) is 1. The van der Waals surface area contributed by atoms with Crippen molar-refractivity contribution in [2.24, 2.45) is 16.5 Å². The number of amidine groups is 1. The fourth-order valence-electron chi connectivity index (χ4n) is 0.590. The Bertz CT molecular complexity index is 225. The number of thiol groups is 1. The highest BCUT2D eigenvalue weighted by Crippen LogP contribution is 2.04. The first-order valence-corrected chi connectivity index (χ1v) is 4.87. The maximum atomic E-state index is 11.3. The molecule has 14 heavy (non-hydrogen) atoms. The van der Waals surface area contributed by atoms with Crippen LogP contribution in [0, 0.1) is 0 Å². The van der Waals surface area contributed by atoms with Crippen LogP contribution >= 0.6 is 12.6 Å². The summed E-state index contributed by atoms with van der Waals surface area (Å²) in [5.41, 5.74) is 9.85. The molecule has 0 radical (unpaired) electrons. The molecule has 0 saturated heterocycles. The van der Waals surface area contributed by atoms with Crippen LogP contribution in [0.5, 0.6) is 0 Å². The monoisotopic (exact) mass is 219 g/mol. The van der Waals surface area contributed by atoms with Crippen molar-refractivity contribution in [2.45, 2.75) is 19.4 Å². The van der Waals surface area contributed by atoms with Gasteiger partial charge in [-0.1, -0.05) is 0 Å². The van der Waals surface area contributed by atoms with E-state index in [-0.39, 0.29) is 12.4 Å². The van der Waals surface area contributed by atoms with Gasteiger partial charge in [0, 0.05) is 5.75 Å². The van der Waals surface area contributed by atoms with Gasteiger partial charge in [-0.25, -0.2) is 0 Å². The van der Waals surface area contributed by atoms with Crippen LogP contribution in [0.2, 0.25) is 0 Å². The fourth-order valence-corrected chi connectivity index (χ4v) is 0.719. The quantitative estimate of drug-likeness (QED) is 0.192. The average Bonchev–Trinajstić information content (AvgIpc) is 2.11. The molecule has 0 aromatic carbocycles. The molecule has 0 heterocycles. The molecule has 0 rings (SSSR count). The summed E-state index contributed by atoms with van der Waals surface area (Å²) in [6.45, 7) is 3.78. The second kappa shape index (κ2) is 5.87. The minimum atomic E-state index is -1.04. The van der Waals surface area contributed by atoms with Crippen molar-refractivity contribution in [3.8, 4) is 0 Å². The highest BCUT2D eigenvalue weighted by molar-refractivity contribution is 7.80. The number of hydrogen-bond donors (Lipinski definition) is 3. The van der Waals surface area contributed by atoms with Crippen molar-refractivity contribution in [2.75, 3.05) is 18.9 Å². The Balaban J connectivity index is 3.81. The van der Waals surface area contributed by atoms with Gasteiger partial charge in [0.2, 0.25) is 0 Å². The van der Waals surface area contributed by atoms with Crippen LogP contribution in [0.4, 0.5) is 0 Å². The standard InChI is InChI=1S/C8H17N3O2S/c1-6(9)11-3-4-13-7(12)8(2,10)5-14/h14H,3-5,10H2,1-2H3,(H2,9,11)/t8-/m0/s1. The zero-order valence-electron chi connectivity index (χ0n) is 8.49. The largest absolute Gasteiger partial charge is 0.462 e. The van der Waals surface area contributed by atoms with Gasteiger partial charge in [-0.15, -0.1) is 0 Å². The third-order valence-corrected chi connectivity index (χ3v) is 2.14. The number of carbonyl (C=O) groups is 1. The van der Waals surface area contributed by atoms with Crippen molar-refractivity contribution in [3.05, 3.63) is 0 Å². The Morgan fingerprint density at radius 2 is 2.21 bits per heavy atom. The van der Waals surface area contributed by atoms with Gasteiger partial charge in [0.05, 0.1) is 12.4 Å². The summed E-state index contributed by atoms with van der Waals surface area (Å²) < 4.78 is 4.87. The number of rotatable bonds is 5. The van der Waals surface area contributed by atoms with E-state index in [0.717, 1.165) is 0 Å². The van der Waals surface area contributed by atoms with Crippen molar-refractivity contribution in [1.82, 2.24) is 0 Å². The SMILES string of the molecule is CC(N)=NCCOC(=O)[C@@](C)(N)CS. The predicted octanol–water partition coefficient (Wildman–Crippen LogP) is -0.446. The summed E-state index contributed by atoms with van der Waals surface area (Å²) in [6.07, 6.45) is 0. The lowest BCUT2D eigenvalue weighted by atomic mass is 10.1. The van der Waals surface area contributed by atoms with Crippen LogP contribution in [0.15, 0.2) is 4.99 Å². The Hall–Kier alpha value is -0.750. The van der Waals surface area contributed by atoms with E-state index >= 15 is 0 Å². The van der Waals surface area contributed by atoms with Gasteiger partial charge < -0.3 is 16.2 Å². The molecule has 0 bridgehead atoms. The second-order valence-corrected chi connectivity index (χ2v) is 3.55. The Labute approximate surface area is 89.3 Å². The average molecular weight is 219 g/mol. The highest BCUT2D eigenvalue weighted by atomic mass is 32.1. The zero-order chi connectivity index (χ0) is 11.2. The molecule has 0 spiro atoms. The van der Waals surface area contributed by atoms with Crippen molar-refractivity contribution in [3.63, 3.8) is 0 Å². The number of ether oxygens (including phenoxy) is 1. The zero-order valence-corrected chi connectivity index (χ0v) is 9.38. The summed E-state index contributed by atoms with van der Waals surface area (Å²) >= 11 is 3.94. The molecule has 0 unspecified atom stereocenters. The van der Waals surface area contributed by atoms with Crippen LogP contribution < -0.4 is 11.5 Å². The summed E-state index contributed by atoms with van der Waals surface area (Å²) in [5, 5.41) is 0. The molecule has 0 aliphatic rings. The van der Waals surface area contributed by atoms with Gasteiger partial charge in [0.25, 0.3) is 0 Å². The lowest BCUT2D eigenvalue weighted by molar-refractivity contribution is -0.148. The van der Waals surface area contributed by atoms with Crippen molar-refractivity contribution < 1.29 is 9.53 Å². The van der Waals surface area contributed by atoms with Gasteiger partial charge in [-0.05, 0) is 13.8 Å². The van der Waals surface area contributed by atoms with E-state index in [1.165, 1.54) is 0 Å². The van der Waals surface area contributed by atoms with Gasteiger partial charge >= 0.3 is 5.97 Å². The van der Waals surface area contributed by atoms with E-state index in [1.807, 2.05) is 0 Å². The molecule has 0 amide bonds. The Morgan fingerprint density at radius 3 is 2.64 bits per heavy atom. The third kappa shape index (κ3) is 5.08. The molecular formula is C8H17N3O2S. The number of esters is 1. The number of hydrogen-bond acceptors (Lipinski definition) is 5. The van der Waals surface area contributed by atoms with Crippen LogP contribution in [0.1, 0.15) is 13.8 Å². The van der Waals surface area contributed by atoms with Crippen LogP contribution in [-0.4, -0.2) is 36.2 Å². The van der Waals surface area contributed by atoms with Crippen LogP contribution in [-0.2, 0) is 9.53 Å². The van der Waals surface area contributed by atoms with Crippen LogP contribution in [0.25, 0.3) is 0 Å². The van der Waals surface area contributed by atoms with Crippen molar-refractivity contribution >= 4 is 24.4 Å². The Kier molecular flexibility index (Phi) is 5.56. The van der Waals surface area contributed by atoms with Gasteiger partial charge in [-0.3, -0.25) is 9.79 Å². The molecule has 82 valence electrons. The molecule has 1 atom stereocenters. The Morgan fingerprint density at radius 1 is 1.64 bits per heavy atom. The molecule has 0 aromatic rings. The molecule has 6 heteroatoms. The summed E-state index contributed by atoms with van der Waals surface area (Å²) in [7, 11) is 0. The van der Waals surface area contributed by atoms with E-state index in [0.29, 0.717) is 12.4 Å². The smallest absolute Gasteiger partial charge is 0.326 e. The van der Waals surface area contributed by atoms with E-state index in [1.54, 1.807) is 13.8 Å².